The Bertz CT molecular complexity index is 533. The fourth-order valence-corrected chi connectivity index (χ4v) is 1.92. The molecule has 1 amide bonds. The van der Waals surface area contributed by atoms with E-state index in [1.165, 1.54) is 6.08 Å². The van der Waals surface area contributed by atoms with Crippen LogP contribution in [0.5, 0.6) is 5.88 Å². The van der Waals surface area contributed by atoms with Crippen LogP contribution < -0.4 is 10.1 Å². The zero-order chi connectivity index (χ0) is 12.8. The van der Waals surface area contributed by atoms with Crippen molar-refractivity contribution in [2.75, 3.05) is 12.4 Å². The number of anilines is 1. The Morgan fingerprint density at radius 1 is 1.44 bits per heavy atom. The fraction of sp³-hybridized carbons (Fsp3) is 0.0769. The lowest BCUT2D eigenvalue weighted by atomic mass is 10.3. The van der Waals surface area contributed by atoms with Gasteiger partial charge in [0.15, 0.2) is 0 Å². The lowest BCUT2D eigenvalue weighted by Gasteiger charge is -2.02. The van der Waals surface area contributed by atoms with Gasteiger partial charge in [-0.15, -0.1) is 11.3 Å². The van der Waals surface area contributed by atoms with Crippen molar-refractivity contribution in [3.8, 4) is 5.88 Å². The van der Waals surface area contributed by atoms with E-state index in [2.05, 4.69) is 10.3 Å². The van der Waals surface area contributed by atoms with Gasteiger partial charge in [-0.1, -0.05) is 6.07 Å². The van der Waals surface area contributed by atoms with E-state index >= 15 is 0 Å². The topological polar surface area (TPSA) is 51.2 Å². The molecule has 0 saturated heterocycles. The average molecular weight is 260 g/mol. The van der Waals surface area contributed by atoms with Crippen molar-refractivity contribution >= 4 is 29.0 Å². The molecule has 18 heavy (non-hydrogen) atoms. The van der Waals surface area contributed by atoms with Crippen LogP contribution in [0, 0.1) is 0 Å². The molecule has 0 bridgehead atoms. The summed E-state index contributed by atoms with van der Waals surface area (Å²) in [5, 5.41) is 4.68. The van der Waals surface area contributed by atoms with E-state index in [4.69, 9.17) is 4.74 Å². The summed E-state index contributed by atoms with van der Waals surface area (Å²) in [6.07, 6.45) is 4.82. The SMILES string of the molecule is COc1ccc(NC(=O)/C=C/c2cccs2)cn1. The van der Waals surface area contributed by atoms with E-state index in [0.29, 0.717) is 11.6 Å². The lowest BCUT2D eigenvalue weighted by molar-refractivity contribution is -0.111. The first-order valence-electron chi connectivity index (χ1n) is 5.30. The number of carbonyl (C=O) groups excluding carboxylic acids is 1. The molecule has 0 unspecified atom stereocenters. The van der Waals surface area contributed by atoms with Crippen LogP contribution in [0.1, 0.15) is 4.88 Å². The van der Waals surface area contributed by atoms with Crippen LogP contribution in [0.15, 0.2) is 41.9 Å². The summed E-state index contributed by atoms with van der Waals surface area (Å²) in [5.41, 5.74) is 0.636. The fourth-order valence-electron chi connectivity index (χ4n) is 1.30. The van der Waals surface area contributed by atoms with Crippen LogP contribution >= 0.6 is 11.3 Å². The van der Waals surface area contributed by atoms with Gasteiger partial charge in [0.05, 0.1) is 19.0 Å². The predicted octanol–water partition coefficient (Wildman–Crippen LogP) is 2.80. The smallest absolute Gasteiger partial charge is 0.248 e. The molecule has 2 aromatic heterocycles. The standard InChI is InChI=1S/C13H12N2O2S/c1-17-13-7-4-10(9-14-13)15-12(16)6-5-11-3-2-8-18-11/h2-9H,1H3,(H,15,16)/b6-5+. The van der Waals surface area contributed by atoms with Crippen molar-refractivity contribution in [1.82, 2.24) is 4.98 Å². The number of thiophene rings is 1. The number of nitrogens with one attached hydrogen (secondary N) is 1. The van der Waals surface area contributed by atoms with Gasteiger partial charge in [-0.3, -0.25) is 4.79 Å². The number of hydrogen-bond donors (Lipinski definition) is 1. The summed E-state index contributed by atoms with van der Waals surface area (Å²) < 4.78 is 4.93. The van der Waals surface area contributed by atoms with Crippen molar-refractivity contribution in [2.45, 2.75) is 0 Å². The second kappa shape index (κ2) is 5.97. The maximum atomic E-state index is 11.6. The van der Waals surface area contributed by atoms with Gasteiger partial charge in [-0.25, -0.2) is 4.98 Å². The highest BCUT2D eigenvalue weighted by molar-refractivity contribution is 7.10. The van der Waals surface area contributed by atoms with Crippen LogP contribution in [0.3, 0.4) is 0 Å². The highest BCUT2D eigenvalue weighted by Gasteiger charge is 1.99. The molecule has 0 atom stereocenters. The molecule has 2 heterocycles. The highest BCUT2D eigenvalue weighted by Crippen LogP contribution is 2.12. The number of carbonyl (C=O) groups is 1. The molecule has 1 N–H and O–H groups in total. The first kappa shape index (κ1) is 12.3. The first-order chi connectivity index (χ1) is 8.78. The molecule has 0 aromatic carbocycles. The Morgan fingerprint density at radius 3 is 2.94 bits per heavy atom. The Morgan fingerprint density at radius 2 is 2.33 bits per heavy atom. The molecule has 0 aliphatic carbocycles. The van der Waals surface area contributed by atoms with Gasteiger partial charge >= 0.3 is 0 Å². The first-order valence-corrected chi connectivity index (χ1v) is 6.18. The molecule has 0 spiro atoms. The molecule has 92 valence electrons. The molecule has 0 aliphatic heterocycles. The summed E-state index contributed by atoms with van der Waals surface area (Å²) in [4.78, 5) is 16.7. The normalized spacial score (nSPS) is 10.5. The molecule has 0 fully saturated rings. The summed E-state index contributed by atoms with van der Waals surface area (Å²) in [5.74, 6) is 0.331. The van der Waals surface area contributed by atoms with Gasteiger partial charge < -0.3 is 10.1 Å². The minimum absolute atomic E-state index is 0.185. The zero-order valence-electron chi connectivity index (χ0n) is 9.79. The van der Waals surface area contributed by atoms with Crippen molar-refractivity contribution in [3.63, 3.8) is 0 Å². The molecular weight excluding hydrogens is 248 g/mol. The minimum atomic E-state index is -0.185. The van der Waals surface area contributed by atoms with E-state index in [9.17, 15) is 4.79 Å². The number of nitrogens with zero attached hydrogens (tertiary/aromatic N) is 1. The third-order valence-corrected chi connectivity index (χ3v) is 2.99. The van der Waals surface area contributed by atoms with E-state index < -0.39 is 0 Å². The van der Waals surface area contributed by atoms with Gasteiger partial charge in [0, 0.05) is 17.0 Å². The third kappa shape index (κ3) is 3.43. The molecule has 2 aromatic rings. The number of methoxy groups -OCH3 is 1. The Balaban J connectivity index is 1.94. The molecular formula is C13H12N2O2S. The van der Waals surface area contributed by atoms with Crippen molar-refractivity contribution < 1.29 is 9.53 Å². The van der Waals surface area contributed by atoms with E-state index in [0.717, 1.165) is 4.88 Å². The second-order valence-corrected chi connectivity index (χ2v) is 4.41. The number of amides is 1. The van der Waals surface area contributed by atoms with E-state index in [1.807, 2.05) is 17.5 Å². The Kier molecular flexibility index (Phi) is 4.09. The maximum Gasteiger partial charge on any atom is 0.248 e. The van der Waals surface area contributed by atoms with Crippen molar-refractivity contribution in [1.29, 1.82) is 0 Å². The van der Waals surface area contributed by atoms with Crippen LogP contribution in [-0.2, 0) is 4.79 Å². The largest absolute Gasteiger partial charge is 0.481 e. The van der Waals surface area contributed by atoms with Gasteiger partial charge in [0.2, 0.25) is 11.8 Å². The number of rotatable bonds is 4. The molecule has 5 heteroatoms. The minimum Gasteiger partial charge on any atom is -0.481 e. The van der Waals surface area contributed by atoms with Crippen LogP contribution in [-0.4, -0.2) is 18.0 Å². The molecule has 0 saturated carbocycles. The van der Waals surface area contributed by atoms with Gasteiger partial charge in [0.25, 0.3) is 0 Å². The van der Waals surface area contributed by atoms with Gasteiger partial charge in [0.1, 0.15) is 0 Å². The number of pyridine rings is 1. The van der Waals surface area contributed by atoms with E-state index in [1.54, 1.807) is 42.9 Å². The third-order valence-electron chi connectivity index (χ3n) is 2.16. The Labute approximate surface area is 109 Å². The monoisotopic (exact) mass is 260 g/mol. The Hall–Kier alpha value is -2.14. The number of hydrogen-bond acceptors (Lipinski definition) is 4. The van der Waals surface area contributed by atoms with Crippen LogP contribution in [0.2, 0.25) is 0 Å². The van der Waals surface area contributed by atoms with Crippen LogP contribution in [0.25, 0.3) is 6.08 Å². The summed E-state index contributed by atoms with van der Waals surface area (Å²) in [6, 6.07) is 7.32. The predicted molar refractivity (Wildman–Crippen MR) is 72.8 cm³/mol. The van der Waals surface area contributed by atoms with E-state index in [-0.39, 0.29) is 5.91 Å². The molecule has 2 rings (SSSR count). The number of ether oxygens (including phenoxy) is 1. The van der Waals surface area contributed by atoms with Crippen molar-refractivity contribution in [2.24, 2.45) is 0 Å². The highest BCUT2D eigenvalue weighted by atomic mass is 32.1. The second-order valence-electron chi connectivity index (χ2n) is 3.43. The van der Waals surface area contributed by atoms with Gasteiger partial charge in [-0.05, 0) is 23.6 Å². The maximum absolute atomic E-state index is 11.6. The lowest BCUT2D eigenvalue weighted by Crippen LogP contribution is -2.07. The molecule has 0 aliphatic rings. The summed E-state index contributed by atoms with van der Waals surface area (Å²) >= 11 is 1.58. The quantitative estimate of drug-likeness (QED) is 0.860. The summed E-state index contributed by atoms with van der Waals surface area (Å²) in [6.45, 7) is 0. The molecule has 4 nitrogen and oxygen atoms in total. The average Bonchev–Trinajstić information content (AvgIpc) is 2.90. The summed E-state index contributed by atoms with van der Waals surface area (Å²) in [7, 11) is 1.55. The number of aromatic nitrogens is 1. The van der Waals surface area contributed by atoms with Crippen molar-refractivity contribution in [3.05, 3.63) is 46.8 Å². The van der Waals surface area contributed by atoms with Crippen LogP contribution in [0.4, 0.5) is 5.69 Å². The zero-order valence-corrected chi connectivity index (χ0v) is 10.6. The molecule has 0 radical (unpaired) electrons. The van der Waals surface area contributed by atoms with Gasteiger partial charge in [-0.2, -0.15) is 0 Å².